The summed E-state index contributed by atoms with van der Waals surface area (Å²) in [6, 6.07) is 21.0. The van der Waals surface area contributed by atoms with Crippen molar-refractivity contribution in [3.63, 3.8) is 0 Å². The third kappa shape index (κ3) is 6.11. The zero-order valence-corrected chi connectivity index (χ0v) is 19.3. The van der Waals surface area contributed by atoms with Gasteiger partial charge in [-0.15, -0.1) is 0 Å². The van der Waals surface area contributed by atoms with E-state index in [1.54, 1.807) is 6.92 Å². The molecule has 1 unspecified atom stereocenters. The molecule has 1 N–H and O–H groups in total. The van der Waals surface area contributed by atoms with Gasteiger partial charge in [0.15, 0.2) is 5.60 Å². The van der Waals surface area contributed by atoms with Crippen LogP contribution in [0.15, 0.2) is 60.7 Å². The second-order valence-corrected chi connectivity index (χ2v) is 8.52. The van der Waals surface area contributed by atoms with E-state index in [0.29, 0.717) is 19.4 Å². The van der Waals surface area contributed by atoms with E-state index in [2.05, 4.69) is 11.4 Å². The first-order valence-electron chi connectivity index (χ1n) is 11.3. The standard InChI is InChI=1S/C26H31N3O4/c1-25(20-27,32-19-22-14-8-4-9-15-22)29(2)23(30)26(16-10-5-11-17-26)33-24(31)28-18-21-12-6-3-7-13-21/h3-4,6-9,12-15H,5,10-11,16-19H2,1-2H3,(H,28,31). The van der Waals surface area contributed by atoms with Gasteiger partial charge in [0, 0.05) is 13.6 Å². The maximum Gasteiger partial charge on any atom is 0.408 e. The van der Waals surface area contributed by atoms with E-state index < -0.39 is 23.3 Å². The highest BCUT2D eigenvalue weighted by atomic mass is 16.6. The topological polar surface area (TPSA) is 91.7 Å². The molecule has 7 nitrogen and oxygen atoms in total. The van der Waals surface area contributed by atoms with Crippen molar-refractivity contribution in [1.82, 2.24) is 10.2 Å². The van der Waals surface area contributed by atoms with Crippen molar-refractivity contribution in [3.05, 3.63) is 71.8 Å². The van der Waals surface area contributed by atoms with E-state index in [4.69, 9.17) is 9.47 Å². The van der Waals surface area contributed by atoms with Crippen LogP contribution in [0.4, 0.5) is 4.79 Å². The molecule has 0 spiro atoms. The predicted molar refractivity (Wildman–Crippen MR) is 124 cm³/mol. The molecule has 3 rings (SSSR count). The Bertz CT molecular complexity index is 968. The van der Waals surface area contributed by atoms with Crippen molar-refractivity contribution in [2.45, 2.75) is 63.5 Å². The lowest BCUT2D eigenvalue weighted by Gasteiger charge is -2.41. The van der Waals surface area contributed by atoms with E-state index in [0.717, 1.165) is 30.4 Å². The molecule has 0 saturated heterocycles. The van der Waals surface area contributed by atoms with Crippen molar-refractivity contribution in [2.75, 3.05) is 7.05 Å². The Morgan fingerprint density at radius 2 is 1.61 bits per heavy atom. The van der Waals surface area contributed by atoms with Crippen LogP contribution in [-0.4, -0.2) is 35.3 Å². The Hall–Kier alpha value is -3.37. The van der Waals surface area contributed by atoms with Crippen LogP contribution < -0.4 is 5.32 Å². The number of nitriles is 1. The summed E-state index contributed by atoms with van der Waals surface area (Å²) in [6.07, 6.45) is 2.67. The quantitative estimate of drug-likeness (QED) is 0.598. The zero-order valence-electron chi connectivity index (χ0n) is 19.3. The SMILES string of the molecule is CN(C(=O)C1(OC(=O)NCc2ccccc2)CCCCC1)C(C)(C#N)OCc1ccccc1. The average Bonchev–Trinajstić information content (AvgIpc) is 2.87. The Morgan fingerprint density at radius 3 is 2.18 bits per heavy atom. The molecule has 174 valence electrons. The number of likely N-dealkylation sites (N-methyl/N-ethyl adjacent to an activating group) is 1. The maximum absolute atomic E-state index is 13.6. The van der Waals surface area contributed by atoms with E-state index in [1.807, 2.05) is 60.7 Å². The molecular formula is C26H31N3O4. The number of hydrogen-bond acceptors (Lipinski definition) is 5. The van der Waals surface area contributed by atoms with Gasteiger partial charge >= 0.3 is 6.09 Å². The van der Waals surface area contributed by atoms with Gasteiger partial charge in [-0.1, -0.05) is 67.1 Å². The fraction of sp³-hybridized carbons (Fsp3) is 0.423. The predicted octanol–water partition coefficient (Wildman–Crippen LogP) is 4.53. The van der Waals surface area contributed by atoms with Crippen LogP contribution in [0.25, 0.3) is 0 Å². The smallest absolute Gasteiger partial charge is 0.408 e. The number of hydrogen-bond donors (Lipinski definition) is 1. The molecule has 0 heterocycles. The first-order chi connectivity index (χ1) is 15.9. The van der Waals surface area contributed by atoms with Crippen LogP contribution >= 0.6 is 0 Å². The van der Waals surface area contributed by atoms with Gasteiger partial charge in [0.1, 0.15) is 6.07 Å². The number of alkyl carbamates (subject to hydrolysis) is 1. The summed E-state index contributed by atoms with van der Waals surface area (Å²) in [4.78, 5) is 27.6. The normalized spacial score (nSPS) is 16.6. The van der Waals surface area contributed by atoms with Gasteiger partial charge in [0.25, 0.3) is 5.91 Å². The maximum atomic E-state index is 13.6. The molecule has 1 saturated carbocycles. The van der Waals surface area contributed by atoms with Crippen molar-refractivity contribution in [1.29, 1.82) is 5.26 Å². The van der Waals surface area contributed by atoms with Crippen molar-refractivity contribution in [3.8, 4) is 6.07 Å². The summed E-state index contributed by atoms with van der Waals surface area (Å²) < 4.78 is 11.7. The number of nitrogens with one attached hydrogen (secondary N) is 1. The third-order valence-corrected chi connectivity index (χ3v) is 6.13. The highest BCUT2D eigenvalue weighted by Crippen LogP contribution is 2.35. The second kappa shape index (κ2) is 11.0. The van der Waals surface area contributed by atoms with Crippen LogP contribution in [0.3, 0.4) is 0 Å². The summed E-state index contributed by atoms with van der Waals surface area (Å²) in [5, 5.41) is 12.6. The second-order valence-electron chi connectivity index (χ2n) is 8.52. The molecular weight excluding hydrogens is 418 g/mol. The van der Waals surface area contributed by atoms with Crippen LogP contribution in [0.2, 0.25) is 0 Å². The van der Waals surface area contributed by atoms with Gasteiger partial charge in [-0.05, 0) is 43.7 Å². The summed E-state index contributed by atoms with van der Waals surface area (Å²) in [6.45, 7) is 2.03. The lowest BCUT2D eigenvalue weighted by molar-refractivity contribution is -0.176. The molecule has 1 aliphatic rings. The first kappa shape index (κ1) is 24.3. The fourth-order valence-corrected chi connectivity index (χ4v) is 3.97. The molecule has 2 aromatic carbocycles. The third-order valence-electron chi connectivity index (χ3n) is 6.13. The summed E-state index contributed by atoms with van der Waals surface area (Å²) >= 11 is 0. The fourth-order valence-electron chi connectivity index (χ4n) is 3.97. The van der Waals surface area contributed by atoms with E-state index in [9.17, 15) is 14.9 Å². The Labute approximate surface area is 195 Å². The molecule has 2 amide bonds. The van der Waals surface area contributed by atoms with Gasteiger partial charge in [-0.2, -0.15) is 5.26 Å². The molecule has 1 fully saturated rings. The van der Waals surface area contributed by atoms with Gasteiger partial charge in [0.05, 0.1) is 6.61 Å². The molecule has 1 atom stereocenters. The number of carbonyl (C=O) groups is 2. The lowest BCUT2D eigenvalue weighted by atomic mass is 9.83. The highest BCUT2D eigenvalue weighted by Gasteiger charge is 2.49. The first-order valence-corrected chi connectivity index (χ1v) is 11.3. The monoisotopic (exact) mass is 449 g/mol. The minimum atomic E-state index is -1.51. The van der Waals surface area contributed by atoms with Gasteiger partial charge in [-0.25, -0.2) is 4.79 Å². The van der Waals surface area contributed by atoms with Crippen LogP contribution in [0.5, 0.6) is 0 Å². The lowest BCUT2D eigenvalue weighted by Crippen LogP contribution is -2.59. The van der Waals surface area contributed by atoms with Crippen molar-refractivity contribution in [2.24, 2.45) is 0 Å². The molecule has 7 heteroatoms. The molecule has 0 bridgehead atoms. The highest BCUT2D eigenvalue weighted by molar-refractivity contribution is 5.88. The Kier molecular flexibility index (Phi) is 8.07. The van der Waals surface area contributed by atoms with Gasteiger partial charge < -0.3 is 19.7 Å². The number of benzene rings is 2. The zero-order chi connectivity index (χ0) is 23.7. The van der Waals surface area contributed by atoms with Gasteiger partial charge in [0.2, 0.25) is 5.72 Å². The molecule has 0 radical (unpaired) electrons. The van der Waals surface area contributed by atoms with E-state index >= 15 is 0 Å². The summed E-state index contributed by atoms with van der Waals surface area (Å²) in [5.74, 6) is -0.422. The van der Waals surface area contributed by atoms with E-state index in [1.165, 1.54) is 11.9 Å². The molecule has 0 aliphatic heterocycles. The number of ether oxygens (including phenoxy) is 2. The molecule has 0 aromatic heterocycles. The summed E-state index contributed by atoms with van der Waals surface area (Å²) in [7, 11) is 1.53. The van der Waals surface area contributed by atoms with E-state index in [-0.39, 0.29) is 6.61 Å². The Morgan fingerprint density at radius 1 is 1.03 bits per heavy atom. The van der Waals surface area contributed by atoms with Crippen molar-refractivity contribution >= 4 is 12.0 Å². The Balaban J connectivity index is 1.71. The average molecular weight is 450 g/mol. The van der Waals surface area contributed by atoms with Crippen LogP contribution in [0, 0.1) is 11.3 Å². The van der Waals surface area contributed by atoms with Gasteiger partial charge in [-0.3, -0.25) is 4.79 Å². The number of amides is 2. The number of rotatable bonds is 8. The van der Waals surface area contributed by atoms with Crippen molar-refractivity contribution < 1.29 is 19.1 Å². The minimum Gasteiger partial charge on any atom is -0.433 e. The largest absolute Gasteiger partial charge is 0.433 e. The van der Waals surface area contributed by atoms with Crippen LogP contribution in [-0.2, 0) is 27.4 Å². The molecule has 1 aliphatic carbocycles. The van der Waals surface area contributed by atoms with Crippen LogP contribution in [0.1, 0.15) is 50.2 Å². The number of carbonyl (C=O) groups excluding carboxylic acids is 2. The molecule has 2 aromatic rings. The minimum absolute atomic E-state index is 0.175. The number of nitrogens with zero attached hydrogens (tertiary/aromatic N) is 2. The molecule has 33 heavy (non-hydrogen) atoms. The summed E-state index contributed by atoms with van der Waals surface area (Å²) in [5.41, 5.74) is -1.01.